The van der Waals surface area contributed by atoms with Gasteiger partial charge in [-0.3, -0.25) is 0 Å². The van der Waals surface area contributed by atoms with E-state index in [0.717, 1.165) is 24.8 Å². The summed E-state index contributed by atoms with van der Waals surface area (Å²) in [6.07, 6.45) is 2.28. The van der Waals surface area contributed by atoms with Gasteiger partial charge in [-0.05, 0) is 13.3 Å². The van der Waals surface area contributed by atoms with Gasteiger partial charge in [0.25, 0.3) is 0 Å². The Balaban J connectivity index is 2.11. The number of hydrogen-bond donors (Lipinski definition) is 2. The van der Waals surface area contributed by atoms with Crippen molar-refractivity contribution in [1.29, 1.82) is 0 Å². The van der Waals surface area contributed by atoms with Crippen molar-refractivity contribution in [1.82, 2.24) is 25.0 Å². The van der Waals surface area contributed by atoms with Crippen LogP contribution in [0.25, 0.3) is 22.6 Å². The van der Waals surface area contributed by atoms with Crippen LogP contribution in [0.15, 0.2) is 30.3 Å². The smallest absolute Gasteiger partial charge is 0.184 e. The first kappa shape index (κ1) is 16.3. The average Bonchev–Trinajstić information content (AvgIpc) is 3.00. The van der Waals surface area contributed by atoms with Crippen LogP contribution in [0, 0.1) is 0 Å². The second kappa shape index (κ2) is 6.92. The fourth-order valence-corrected chi connectivity index (χ4v) is 2.77. The largest absolute Gasteiger partial charge is 0.391 e. The minimum absolute atomic E-state index is 0.187. The van der Waals surface area contributed by atoms with Crippen LogP contribution in [0.4, 0.5) is 5.82 Å². The van der Waals surface area contributed by atoms with Crippen LogP contribution in [-0.4, -0.2) is 36.2 Å². The highest BCUT2D eigenvalue weighted by atomic mass is 16.3. The van der Waals surface area contributed by atoms with E-state index in [0.29, 0.717) is 22.8 Å². The molecule has 1 aromatic carbocycles. The van der Waals surface area contributed by atoms with Crippen LogP contribution < -0.4 is 5.73 Å². The van der Waals surface area contributed by atoms with E-state index in [9.17, 15) is 5.11 Å². The molecule has 0 amide bonds. The lowest BCUT2D eigenvalue weighted by molar-refractivity contribution is 0.117. The van der Waals surface area contributed by atoms with Crippen LogP contribution in [0.2, 0.25) is 0 Å². The molecule has 0 fully saturated rings. The summed E-state index contributed by atoms with van der Waals surface area (Å²) >= 11 is 0. The van der Waals surface area contributed by atoms with E-state index in [4.69, 9.17) is 5.73 Å². The third kappa shape index (κ3) is 3.07. The molecule has 2 heterocycles. The summed E-state index contributed by atoms with van der Waals surface area (Å²) in [5.41, 5.74) is 7.96. The van der Waals surface area contributed by atoms with Gasteiger partial charge in [-0.15, -0.1) is 5.10 Å². The van der Waals surface area contributed by atoms with Crippen LogP contribution in [0.1, 0.15) is 39.2 Å². The van der Waals surface area contributed by atoms with Crippen molar-refractivity contribution in [2.45, 2.75) is 45.3 Å². The van der Waals surface area contributed by atoms with E-state index in [-0.39, 0.29) is 6.04 Å². The summed E-state index contributed by atoms with van der Waals surface area (Å²) in [6.45, 7) is 3.88. The molecule has 3 N–H and O–H groups in total. The Morgan fingerprint density at radius 1 is 1.21 bits per heavy atom. The molecule has 126 valence electrons. The normalized spacial score (nSPS) is 14.0. The molecule has 7 heteroatoms. The molecule has 24 heavy (non-hydrogen) atoms. The summed E-state index contributed by atoms with van der Waals surface area (Å²) < 4.78 is 1.68. The highest BCUT2D eigenvalue weighted by Gasteiger charge is 2.23. The number of rotatable bonds is 6. The Morgan fingerprint density at radius 2 is 1.96 bits per heavy atom. The van der Waals surface area contributed by atoms with Crippen molar-refractivity contribution in [3.8, 4) is 11.4 Å². The number of hydrogen-bond acceptors (Lipinski definition) is 6. The molecule has 0 unspecified atom stereocenters. The third-order valence-electron chi connectivity index (χ3n) is 4.11. The predicted octanol–water partition coefficient (Wildman–Crippen LogP) is 2.58. The topological polar surface area (TPSA) is 103 Å². The van der Waals surface area contributed by atoms with E-state index in [1.165, 1.54) is 0 Å². The van der Waals surface area contributed by atoms with Crippen molar-refractivity contribution < 1.29 is 5.11 Å². The minimum atomic E-state index is -0.558. The predicted molar refractivity (Wildman–Crippen MR) is 93.2 cm³/mol. The highest BCUT2D eigenvalue weighted by molar-refractivity contribution is 5.83. The first-order chi connectivity index (χ1) is 11.6. The summed E-state index contributed by atoms with van der Waals surface area (Å²) in [7, 11) is 0. The summed E-state index contributed by atoms with van der Waals surface area (Å²) in [5.74, 6) is 0.828. The zero-order valence-electron chi connectivity index (χ0n) is 13.9. The molecular weight excluding hydrogens is 304 g/mol. The zero-order chi connectivity index (χ0) is 17.1. The lowest BCUT2D eigenvalue weighted by Crippen LogP contribution is -2.23. The number of aliphatic hydroxyl groups excluding tert-OH is 1. The van der Waals surface area contributed by atoms with Crippen molar-refractivity contribution in [2.75, 3.05) is 5.73 Å². The van der Waals surface area contributed by atoms with Crippen LogP contribution >= 0.6 is 0 Å². The Hall–Kier alpha value is -2.54. The number of nitrogens with two attached hydrogens (primary N) is 1. The Bertz CT molecular complexity index is 815. The highest BCUT2D eigenvalue weighted by Crippen LogP contribution is 2.26. The van der Waals surface area contributed by atoms with Crippen molar-refractivity contribution in [3.63, 3.8) is 0 Å². The number of unbranched alkanes of at least 4 members (excludes halogenated alkanes) is 1. The third-order valence-corrected chi connectivity index (χ3v) is 4.11. The molecule has 0 aliphatic rings. The van der Waals surface area contributed by atoms with Gasteiger partial charge in [0.1, 0.15) is 0 Å². The second-order valence-electron chi connectivity index (χ2n) is 5.95. The number of aliphatic hydroxyl groups is 1. The lowest BCUT2D eigenvalue weighted by atomic mass is 10.1. The molecule has 2 atom stereocenters. The van der Waals surface area contributed by atoms with Crippen LogP contribution in [-0.2, 0) is 0 Å². The van der Waals surface area contributed by atoms with Crippen LogP contribution in [0.3, 0.4) is 0 Å². The maximum atomic E-state index is 10.2. The molecular formula is C17H22N6O. The molecule has 3 aromatic rings. The molecule has 2 aromatic heterocycles. The molecule has 0 bridgehead atoms. The molecule has 0 aliphatic carbocycles. The number of benzene rings is 1. The molecule has 0 spiro atoms. The quantitative estimate of drug-likeness (QED) is 0.721. The monoisotopic (exact) mass is 326 g/mol. The average molecular weight is 326 g/mol. The summed E-state index contributed by atoms with van der Waals surface area (Å²) in [6, 6.07) is 9.46. The zero-order valence-corrected chi connectivity index (χ0v) is 13.9. The van der Waals surface area contributed by atoms with Gasteiger partial charge in [-0.25, -0.2) is 14.6 Å². The summed E-state index contributed by atoms with van der Waals surface area (Å²) in [4.78, 5) is 8.95. The molecule has 7 nitrogen and oxygen atoms in total. The SMILES string of the molecule is CCCC[C@@H]([C@@H](C)O)n1nnc2c(N)nc(-c3ccccc3)nc21. The standard InChI is InChI=1S/C17H22N6O/c1-3-4-10-13(11(2)24)23-17-14(21-22-23)15(18)19-16(20-17)12-8-6-5-7-9-12/h5-9,11,13,24H,3-4,10H2,1-2H3,(H2,18,19,20)/t11-,13+/m1/s1. The number of aromatic nitrogens is 5. The molecule has 3 rings (SSSR count). The lowest BCUT2D eigenvalue weighted by Gasteiger charge is -2.20. The van der Waals surface area contributed by atoms with Gasteiger partial charge in [0.15, 0.2) is 22.8 Å². The first-order valence-corrected chi connectivity index (χ1v) is 8.23. The fourth-order valence-electron chi connectivity index (χ4n) is 2.77. The summed E-state index contributed by atoms with van der Waals surface area (Å²) in [5, 5.41) is 18.5. The fraction of sp³-hybridized carbons (Fsp3) is 0.412. The van der Waals surface area contributed by atoms with E-state index in [2.05, 4.69) is 27.2 Å². The van der Waals surface area contributed by atoms with E-state index < -0.39 is 6.10 Å². The van der Waals surface area contributed by atoms with Gasteiger partial charge >= 0.3 is 0 Å². The van der Waals surface area contributed by atoms with Gasteiger partial charge in [0.05, 0.1) is 12.1 Å². The van der Waals surface area contributed by atoms with Crippen molar-refractivity contribution >= 4 is 17.0 Å². The maximum absolute atomic E-state index is 10.2. The van der Waals surface area contributed by atoms with Gasteiger partial charge in [-0.2, -0.15) is 0 Å². The number of fused-ring (bicyclic) bond motifs is 1. The molecule has 0 aliphatic heterocycles. The molecule has 0 saturated carbocycles. The molecule has 0 radical (unpaired) electrons. The van der Waals surface area contributed by atoms with Crippen molar-refractivity contribution in [3.05, 3.63) is 30.3 Å². The number of nitrogen functional groups attached to an aromatic ring is 1. The van der Waals surface area contributed by atoms with E-state index in [1.54, 1.807) is 11.6 Å². The Morgan fingerprint density at radius 3 is 2.62 bits per heavy atom. The minimum Gasteiger partial charge on any atom is -0.391 e. The first-order valence-electron chi connectivity index (χ1n) is 8.23. The van der Waals surface area contributed by atoms with Crippen molar-refractivity contribution in [2.24, 2.45) is 0 Å². The Labute approximate surface area is 140 Å². The van der Waals surface area contributed by atoms with Gasteiger partial charge in [-0.1, -0.05) is 55.3 Å². The maximum Gasteiger partial charge on any atom is 0.184 e. The second-order valence-corrected chi connectivity index (χ2v) is 5.95. The Kier molecular flexibility index (Phi) is 4.71. The van der Waals surface area contributed by atoms with E-state index in [1.807, 2.05) is 30.3 Å². The van der Waals surface area contributed by atoms with Gasteiger partial charge in [0, 0.05) is 5.56 Å². The molecule has 0 saturated heterocycles. The van der Waals surface area contributed by atoms with Crippen LogP contribution in [0.5, 0.6) is 0 Å². The van der Waals surface area contributed by atoms with Gasteiger partial charge in [0.2, 0.25) is 0 Å². The van der Waals surface area contributed by atoms with E-state index >= 15 is 0 Å². The number of nitrogens with zero attached hydrogens (tertiary/aromatic N) is 5. The number of anilines is 1. The van der Waals surface area contributed by atoms with Gasteiger partial charge < -0.3 is 10.8 Å².